The van der Waals surface area contributed by atoms with Gasteiger partial charge in [0.25, 0.3) is 0 Å². The predicted molar refractivity (Wildman–Crippen MR) is 103 cm³/mol. The molecule has 0 aromatic carbocycles. The molecule has 0 radical (unpaired) electrons. The summed E-state index contributed by atoms with van der Waals surface area (Å²) >= 11 is 0. The fourth-order valence-electron chi connectivity index (χ4n) is 3.32. The number of ether oxygens (including phenoxy) is 1. The molecule has 3 heteroatoms. The largest absolute Gasteiger partial charge is 0.456 e. The number of Topliss-reactive ketones (excluding diaryl/α,β-unsaturated/α-hetero) is 1. The second-order valence-electron chi connectivity index (χ2n) is 11.1. The van der Waals surface area contributed by atoms with Crippen LogP contribution in [0.4, 0.5) is 0 Å². The first kappa shape index (κ1) is 21.7. The van der Waals surface area contributed by atoms with Crippen molar-refractivity contribution in [3.63, 3.8) is 0 Å². The standard InChI is InChI=1S/C22H36O3/c1-19(2,3)14-13(18(24)25-22(10,11)12)15(20(4,5)6)17(23)16(14)21(7,8)9/h1-12H3. The minimum absolute atomic E-state index is 0.00853. The number of esters is 1. The Labute approximate surface area is 153 Å². The third kappa shape index (κ3) is 4.62. The molecule has 142 valence electrons. The molecule has 0 aromatic heterocycles. The van der Waals surface area contributed by atoms with E-state index >= 15 is 0 Å². The lowest BCUT2D eigenvalue weighted by atomic mass is 9.74. The van der Waals surface area contributed by atoms with Crippen LogP contribution in [-0.4, -0.2) is 17.4 Å². The number of carbonyl (C=O) groups excluding carboxylic acids is 2. The van der Waals surface area contributed by atoms with Crippen molar-refractivity contribution in [2.24, 2.45) is 16.2 Å². The summed E-state index contributed by atoms with van der Waals surface area (Å²) in [5.74, 6) is -0.402. The summed E-state index contributed by atoms with van der Waals surface area (Å²) in [5, 5.41) is 0. The summed E-state index contributed by atoms with van der Waals surface area (Å²) in [7, 11) is 0. The summed E-state index contributed by atoms with van der Waals surface area (Å²) in [5.41, 5.74) is 0.907. The highest BCUT2D eigenvalue weighted by Crippen LogP contribution is 2.51. The van der Waals surface area contributed by atoms with Gasteiger partial charge in [0.2, 0.25) is 0 Å². The molecule has 0 saturated heterocycles. The average Bonchev–Trinajstić information content (AvgIpc) is 2.58. The average molecular weight is 349 g/mol. The van der Waals surface area contributed by atoms with Gasteiger partial charge in [0.1, 0.15) is 5.60 Å². The van der Waals surface area contributed by atoms with Crippen LogP contribution in [0.15, 0.2) is 22.3 Å². The summed E-state index contributed by atoms with van der Waals surface area (Å²) in [6, 6.07) is 0. The van der Waals surface area contributed by atoms with Crippen molar-refractivity contribution in [2.75, 3.05) is 0 Å². The van der Waals surface area contributed by atoms with Crippen LogP contribution in [0, 0.1) is 16.2 Å². The van der Waals surface area contributed by atoms with Crippen molar-refractivity contribution in [1.82, 2.24) is 0 Å². The van der Waals surface area contributed by atoms with Gasteiger partial charge in [-0.15, -0.1) is 0 Å². The number of hydrogen-bond donors (Lipinski definition) is 0. The Bertz CT molecular complexity index is 645. The van der Waals surface area contributed by atoms with E-state index in [4.69, 9.17) is 4.74 Å². The monoisotopic (exact) mass is 348 g/mol. The quantitative estimate of drug-likeness (QED) is 0.576. The van der Waals surface area contributed by atoms with Gasteiger partial charge >= 0.3 is 5.97 Å². The molecule has 0 atom stereocenters. The molecule has 0 spiro atoms. The number of carbonyl (C=O) groups is 2. The second-order valence-corrected chi connectivity index (χ2v) is 11.1. The van der Waals surface area contributed by atoms with E-state index in [-0.39, 0.29) is 16.6 Å². The minimum atomic E-state index is -0.608. The Morgan fingerprint density at radius 3 is 1.28 bits per heavy atom. The first-order chi connectivity index (χ1) is 10.8. The SMILES string of the molecule is CC(C)(C)OC(=O)C1=C(C(C)(C)C)C(=O)C(C(C)(C)C)=C1C(C)(C)C. The Morgan fingerprint density at radius 1 is 0.640 bits per heavy atom. The van der Waals surface area contributed by atoms with Gasteiger partial charge in [-0.2, -0.15) is 0 Å². The molecule has 0 heterocycles. The van der Waals surface area contributed by atoms with Crippen LogP contribution in [-0.2, 0) is 14.3 Å². The van der Waals surface area contributed by atoms with Crippen LogP contribution in [0.5, 0.6) is 0 Å². The van der Waals surface area contributed by atoms with Gasteiger partial charge in [-0.1, -0.05) is 62.3 Å². The van der Waals surface area contributed by atoms with Crippen molar-refractivity contribution in [2.45, 2.75) is 88.7 Å². The topological polar surface area (TPSA) is 43.4 Å². The first-order valence-corrected chi connectivity index (χ1v) is 9.07. The zero-order valence-electron chi connectivity index (χ0n) is 18.2. The van der Waals surface area contributed by atoms with Crippen LogP contribution in [0.3, 0.4) is 0 Å². The first-order valence-electron chi connectivity index (χ1n) is 9.07. The van der Waals surface area contributed by atoms with E-state index in [1.807, 2.05) is 62.3 Å². The van der Waals surface area contributed by atoms with E-state index in [2.05, 4.69) is 20.8 Å². The zero-order chi connectivity index (χ0) is 20.2. The fourth-order valence-corrected chi connectivity index (χ4v) is 3.32. The highest BCUT2D eigenvalue weighted by Gasteiger charge is 2.48. The molecule has 0 aromatic rings. The van der Waals surface area contributed by atoms with Crippen molar-refractivity contribution >= 4 is 11.8 Å². The second kappa shape index (κ2) is 6.10. The van der Waals surface area contributed by atoms with Crippen molar-refractivity contribution in [3.05, 3.63) is 22.3 Å². The lowest BCUT2D eigenvalue weighted by molar-refractivity contribution is -0.149. The molecular formula is C22H36O3. The van der Waals surface area contributed by atoms with Crippen LogP contribution in [0.2, 0.25) is 0 Å². The number of ketones is 1. The molecule has 1 aliphatic rings. The number of rotatable bonds is 1. The Hall–Kier alpha value is -1.38. The van der Waals surface area contributed by atoms with E-state index in [9.17, 15) is 9.59 Å². The molecule has 0 N–H and O–H groups in total. The number of allylic oxidation sites excluding steroid dienone is 2. The van der Waals surface area contributed by atoms with Gasteiger partial charge in [0.15, 0.2) is 5.78 Å². The molecule has 0 saturated carbocycles. The Kier molecular flexibility index (Phi) is 5.29. The van der Waals surface area contributed by atoms with Crippen LogP contribution in [0.25, 0.3) is 0 Å². The molecule has 0 fully saturated rings. The van der Waals surface area contributed by atoms with E-state index in [0.717, 1.165) is 11.1 Å². The summed E-state index contributed by atoms with van der Waals surface area (Å²) in [6.45, 7) is 23.8. The van der Waals surface area contributed by atoms with Crippen LogP contribution in [0.1, 0.15) is 83.1 Å². The van der Waals surface area contributed by atoms with Gasteiger partial charge in [-0.05, 0) is 42.6 Å². The summed E-state index contributed by atoms with van der Waals surface area (Å²) in [4.78, 5) is 26.5. The van der Waals surface area contributed by atoms with E-state index in [1.165, 1.54) is 0 Å². The normalized spacial score (nSPS) is 17.5. The molecule has 1 aliphatic carbocycles. The molecule has 3 nitrogen and oxygen atoms in total. The third-order valence-corrected chi connectivity index (χ3v) is 4.06. The maximum absolute atomic E-state index is 13.4. The Balaban J connectivity index is 3.86. The summed E-state index contributed by atoms with van der Waals surface area (Å²) in [6.07, 6.45) is 0. The molecule has 25 heavy (non-hydrogen) atoms. The van der Waals surface area contributed by atoms with Gasteiger partial charge in [-0.25, -0.2) is 4.79 Å². The van der Waals surface area contributed by atoms with Gasteiger partial charge < -0.3 is 4.74 Å². The zero-order valence-corrected chi connectivity index (χ0v) is 18.2. The lowest BCUT2D eigenvalue weighted by Crippen LogP contribution is -2.29. The van der Waals surface area contributed by atoms with Crippen molar-refractivity contribution < 1.29 is 14.3 Å². The molecule has 1 rings (SSSR count). The highest BCUT2D eigenvalue weighted by atomic mass is 16.6. The van der Waals surface area contributed by atoms with Crippen molar-refractivity contribution in [3.8, 4) is 0 Å². The van der Waals surface area contributed by atoms with Gasteiger partial charge in [0.05, 0.1) is 5.57 Å². The Morgan fingerprint density at radius 2 is 1.00 bits per heavy atom. The third-order valence-electron chi connectivity index (χ3n) is 4.06. The van der Waals surface area contributed by atoms with E-state index < -0.39 is 17.0 Å². The smallest absolute Gasteiger partial charge is 0.339 e. The fraction of sp³-hybridized carbons (Fsp3) is 0.727. The molecule has 0 aliphatic heterocycles. The van der Waals surface area contributed by atoms with E-state index in [1.54, 1.807) is 0 Å². The van der Waals surface area contributed by atoms with Crippen LogP contribution < -0.4 is 0 Å². The van der Waals surface area contributed by atoms with Gasteiger partial charge in [-0.3, -0.25) is 4.79 Å². The lowest BCUT2D eigenvalue weighted by Gasteiger charge is -2.30. The molecule has 0 unspecified atom stereocenters. The van der Waals surface area contributed by atoms with Gasteiger partial charge in [0, 0.05) is 11.1 Å². The maximum Gasteiger partial charge on any atom is 0.339 e. The van der Waals surface area contributed by atoms with E-state index in [0.29, 0.717) is 11.1 Å². The molecule has 0 amide bonds. The summed E-state index contributed by atoms with van der Waals surface area (Å²) < 4.78 is 5.70. The molecule has 0 bridgehead atoms. The highest BCUT2D eigenvalue weighted by molar-refractivity contribution is 6.21. The maximum atomic E-state index is 13.4. The van der Waals surface area contributed by atoms with Crippen LogP contribution >= 0.6 is 0 Å². The number of hydrogen-bond acceptors (Lipinski definition) is 3. The minimum Gasteiger partial charge on any atom is -0.456 e. The van der Waals surface area contributed by atoms with Crippen molar-refractivity contribution in [1.29, 1.82) is 0 Å². The molecular weight excluding hydrogens is 312 g/mol. The predicted octanol–water partition coefficient (Wildman–Crippen LogP) is 5.64.